The molecule has 4 nitrogen and oxygen atoms in total. The number of carbonyl (C=O) groups excluding carboxylic acids is 1. The van der Waals surface area contributed by atoms with E-state index in [-0.39, 0.29) is 11.5 Å². The molecule has 0 N–H and O–H groups in total. The van der Waals surface area contributed by atoms with Gasteiger partial charge in [-0.3, -0.25) is 9.69 Å². The van der Waals surface area contributed by atoms with E-state index in [0.717, 1.165) is 0 Å². The lowest BCUT2D eigenvalue weighted by atomic mass is 10.0. The fraction of sp³-hybridized carbons (Fsp3) is 0.467. The highest BCUT2D eigenvalue weighted by Crippen LogP contribution is 2.20. The van der Waals surface area contributed by atoms with Gasteiger partial charge in [-0.25, -0.2) is 4.39 Å². The average Bonchev–Trinajstić information content (AvgIpc) is 2.49. The van der Waals surface area contributed by atoms with Crippen LogP contribution in [0.3, 0.4) is 0 Å². The van der Waals surface area contributed by atoms with Crippen molar-refractivity contribution >= 4 is 21.8 Å². The van der Waals surface area contributed by atoms with E-state index in [1.807, 2.05) is 18.7 Å². The Morgan fingerprint density at radius 1 is 1.33 bits per heavy atom. The lowest BCUT2D eigenvalue weighted by Gasteiger charge is -2.40. The number of benzene rings is 1. The maximum absolute atomic E-state index is 13.8. The number of carbonyl (C=O) groups is 1. The van der Waals surface area contributed by atoms with Crippen molar-refractivity contribution in [2.45, 2.75) is 19.4 Å². The molecule has 1 aromatic rings. The van der Waals surface area contributed by atoms with Crippen LogP contribution in [0.5, 0.6) is 0 Å². The first kappa shape index (κ1) is 15.9. The van der Waals surface area contributed by atoms with E-state index in [1.54, 1.807) is 11.0 Å². The van der Waals surface area contributed by atoms with E-state index in [1.165, 1.54) is 12.1 Å². The summed E-state index contributed by atoms with van der Waals surface area (Å²) >= 11 is 3.25. The maximum Gasteiger partial charge on any atom is 0.256 e. The van der Waals surface area contributed by atoms with Crippen LogP contribution in [0.4, 0.5) is 4.39 Å². The van der Waals surface area contributed by atoms with Crippen LogP contribution in [0.15, 0.2) is 22.7 Å². The molecule has 0 atom stereocenters. The normalized spacial score (nSPS) is 16.6. The summed E-state index contributed by atoms with van der Waals surface area (Å²) in [7, 11) is 0. The van der Waals surface area contributed by atoms with Gasteiger partial charge in [0.1, 0.15) is 11.4 Å². The first-order valence-electron chi connectivity index (χ1n) is 6.76. The lowest BCUT2D eigenvalue weighted by Crippen LogP contribution is -2.55. The zero-order valence-corrected chi connectivity index (χ0v) is 13.7. The Morgan fingerprint density at radius 2 is 1.95 bits per heavy atom. The van der Waals surface area contributed by atoms with Gasteiger partial charge in [0.2, 0.25) is 0 Å². The van der Waals surface area contributed by atoms with Crippen LogP contribution < -0.4 is 0 Å². The van der Waals surface area contributed by atoms with Crippen molar-refractivity contribution in [3.8, 4) is 6.07 Å². The summed E-state index contributed by atoms with van der Waals surface area (Å²) in [4.78, 5) is 16.0. The minimum absolute atomic E-state index is 0.0809. The second kappa shape index (κ2) is 6.12. The molecule has 0 spiro atoms. The van der Waals surface area contributed by atoms with Gasteiger partial charge in [0.15, 0.2) is 0 Å². The predicted molar refractivity (Wildman–Crippen MR) is 81.3 cm³/mol. The number of piperazine rings is 1. The summed E-state index contributed by atoms with van der Waals surface area (Å²) in [5, 5.41) is 9.14. The van der Waals surface area contributed by atoms with Crippen molar-refractivity contribution in [2.75, 3.05) is 26.2 Å². The highest BCUT2D eigenvalue weighted by molar-refractivity contribution is 9.10. The first-order valence-corrected chi connectivity index (χ1v) is 7.55. The quantitative estimate of drug-likeness (QED) is 0.820. The van der Waals surface area contributed by atoms with Gasteiger partial charge < -0.3 is 4.90 Å². The van der Waals surface area contributed by atoms with Crippen LogP contribution in [0.25, 0.3) is 0 Å². The third-order valence-corrected chi connectivity index (χ3v) is 4.28. The Labute approximate surface area is 132 Å². The summed E-state index contributed by atoms with van der Waals surface area (Å²) in [5.41, 5.74) is -0.465. The maximum atomic E-state index is 13.8. The van der Waals surface area contributed by atoms with E-state index in [9.17, 15) is 9.18 Å². The van der Waals surface area contributed by atoms with E-state index in [0.29, 0.717) is 30.7 Å². The number of nitrogens with zero attached hydrogens (tertiary/aromatic N) is 3. The molecule has 0 saturated carbocycles. The molecule has 1 heterocycles. The van der Waals surface area contributed by atoms with Crippen molar-refractivity contribution < 1.29 is 9.18 Å². The molecule has 0 bridgehead atoms. The van der Waals surface area contributed by atoms with Crippen LogP contribution in [-0.2, 0) is 0 Å². The van der Waals surface area contributed by atoms with E-state index in [2.05, 4.69) is 22.0 Å². The van der Waals surface area contributed by atoms with Crippen LogP contribution in [-0.4, -0.2) is 47.4 Å². The standard InChI is InChI=1S/C15H17BrFN3O/c1-15(2,10-18)20-7-5-19(6-8-20)14(21)12-9-11(16)3-4-13(12)17/h3-4,9H,5-8H2,1-2H3. The lowest BCUT2D eigenvalue weighted by molar-refractivity contribution is 0.0517. The van der Waals surface area contributed by atoms with Crippen LogP contribution >= 0.6 is 15.9 Å². The molecule has 0 unspecified atom stereocenters. The van der Waals surface area contributed by atoms with Crippen LogP contribution in [0.2, 0.25) is 0 Å². The molecule has 1 saturated heterocycles. The fourth-order valence-electron chi connectivity index (χ4n) is 2.37. The van der Waals surface area contributed by atoms with Gasteiger partial charge in [-0.05, 0) is 32.0 Å². The average molecular weight is 354 g/mol. The van der Waals surface area contributed by atoms with Gasteiger partial charge in [-0.2, -0.15) is 5.26 Å². The Morgan fingerprint density at radius 3 is 2.52 bits per heavy atom. The minimum Gasteiger partial charge on any atom is -0.336 e. The molecular weight excluding hydrogens is 337 g/mol. The summed E-state index contributed by atoms with van der Waals surface area (Å²) < 4.78 is 14.5. The number of rotatable bonds is 2. The Kier molecular flexibility index (Phi) is 4.64. The van der Waals surface area contributed by atoms with E-state index >= 15 is 0 Å². The molecule has 1 aromatic carbocycles. The molecule has 1 aliphatic heterocycles. The molecule has 1 amide bonds. The third-order valence-electron chi connectivity index (χ3n) is 3.79. The van der Waals surface area contributed by atoms with Gasteiger partial charge in [0.25, 0.3) is 5.91 Å². The second-order valence-corrected chi connectivity index (χ2v) is 6.49. The largest absolute Gasteiger partial charge is 0.336 e. The Balaban J connectivity index is 2.07. The van der Waals surface area contributed by atoms with Crippen molar-refractivity contribution in [1.82, 2.24) is 9.80 Å². The molecular formula is C15H17BrFN3O. The molecule has 0 aromatic heterocycles. The number of halogens is 2. The second-order valence-electron chi connectivity index (χ2n) is 5.57. The minimum atomic E-state index is -0.545. The topological polar surface area (TPSA) is 47.3 Å². The van der Waals surface area contributed by atoms with Crippen LogP contribution in [0, 0.1) is 17.1 Å². The molecule has 1 aliphatic rings. The van der Waals surface area contributed by atoms with Crippen molar-refractivity contribution in [1.29, 1.82) is 5.26 Å². The highest BCUT2D eigenvalue weighted by Gasteiger charge is 2.31. The first-order chi connectivity index (χ1) is 9.85. The zero-order valence-electron chi connectivity index (χ0n) is 12.1. The van der Waals surface area contributed by atoms with Crippen LogP contribution in [0.1, 0.15) is 24.2 Å². The molecule has 0 aliphatic carbocycles. The molecule has 6 heteroatoms. The Bertz CT molecular complexity index is 589. The summed E-state index contributed by atoms with van der Waals surface area (Å²) in [6.07, 6.45) is 0. The monoisotopic (exact) mass is 353 g/mol. The van der Waals surface area contributed by atoms with Gasteiger partial charge in [0.05, 0.1) is 11.6 Å². The third kappa shape index (κ3) is 3.42. The number of hydrogen-bond acceptors (Lipinski definition) is 3. The van der Waals surface area contributed by atoms with Crippen molar-refractivity contribution in [3.63, 3.8) is 0 Å². The van der Waals surface area contributed by atoms with Crippen molar-refractivity contribution in [2.24, 2.45) is 0 Å². The van der Waals surface area contributed by atoms with Gasteiger partial charge in [-0.1, -0.05) is 15.9 Å². The number of amides is 1. The molecule has 0 radical (unpaired) electrons. The SMILES string of the molecule is CC(C)(C#N)N1CCN(C(=O)c2cc(Br)ccc2F)CC1. The summed E-state index contributed by atoms with van der Waals surface area (Å²) in [6.45, 7) is 5.94. The smallest absolute Gasteiger partial charge is 0.256 e. The van der Waals surface area contributed by atoms with Gasteiger partial charge in [-0.15, -0.1) is 0 Å². The van der Waals surface area contributed by atoms with Gasteiger partial charge >= 0.3 is 0 Å². The molecule has 2 rings (SSSR count). The molecule has 21 heavy (non-hydrogen) atoms. The summed E-state index contributed by atoms with van der Waals surface area (Å²) in [6, 6.07) is 6.62. The number of hydrogen-bond donors (Lipinski definition) is 0. The number of nitriles is 1. The Hall–Kier alpha value is -1.45. The highest BCUT2D eigenvalue weighted by atomic mass is 79.9. The van der Waals surface area contributed by atoms with Crippen molar-refractivity contribution in [3.05, 3.63) is 34.1 Å². The molecule has 1 fully saturated rings. The van der Waals surface area contributed by atoms with E-state index in [4.69, 9.17) is 5.26 Å². The van der Waals surface area contributed by atoms with E-state index < -0.39 is 11.4 Å². The fourth-order valence-corrected chi connectivity index (χ4v) is 2.73. The zero-order chi connectivity index (χ0) is 15.6. The van der Waals surface area contributed by atoms with Gasteiger partial charge in [0, 0.05) is 30.7 Å². The predicted octanol–water partition coefficient (Wildman–Crippen LogP) is 2.65. The summed E-state index contributed by atoms with van der Waals surface area (Å²) in [5.74, 6) is -0.814. The molecule has 112 valence electrons.